The maximum absolute atomic E-state index is 14.0. The first-order valence-electron chi connectivity index (χ1n) is 15.1. The number of phenols is 1. The molecule has 0 aliphatic carbocycles. The Morgan fingerprint density at radius 2 is 1.67 bits per heavy atom. The van der Waals surface area contributed by atoms with E-state index in [-0.39, 0.29) is 38.1 Å². The van der Waals surface area contributed by atoms with Crippen molar-refractivity contribution in [3.05, 3.63) is 77.9 Å². The number of carbonyl (C=O) groups is 5. The van der Waals surface area contributed by atoms with Crippen molar-refractivity contribution in [1.29, 1.82) is 0 Å². The first kappa shape index (κ1) is 31.5. The molecule has 236 valence electrons. The highest BCUT2D eigenvalue weighted by Gasteiger charge is 2.39. The Kier molecular flexibility index (Phi) is 9.93. The van der Waals surface area contributed by atoms with Crippen molar-refractivity contribution in [1.82, 2.24) is 26.2 Å². The molecule has 0 aromatic heterocycles. The zero-order valence-electron chi connectivity index (χ0n) is 24.8. The summed E-state index contributed by atoms with van der Waals surface area (Å²) < 4.78 is 0. The van der Waals surface area contributed by atoms with Gasteiger partial charge in [-0.1, -0.05) is 54.6 Å². The van der Waals surface area contributed by atoms with E-state index < -0.39 is 53.7 Å². The topological polar surface area (TPSA) is 183 Å². The molecule has 0 spiro atoms. The van der Waals surface area contributed by atoms with E-state index in [0.717, 1.165) is 21.9 Å². The lowest BCUT2D eigenvalue weighted by Crippen LogP contribution is -2.59. The minimum absolute atomic E-state index is 0.0203. The molecule has 3 aromatic rings. The number of nitrogens with two attached hydrogens (primary N) is 1. The first-order valence-corrected chi connectivity index (χ1v) is 15.1. The lowest BCUT2D eigenvalue weighted by molar-refractivity contribution is -0.142. The third-order valence-corrected chi connectivity index (χ3v) is 8.25. The minimum atomic E-state index is -1.11. The Morgan fingerprint density at radius 3 is 2.44 bits per heavy atom. The van der Waals surface area contributed by atoms with Crippen molar-refractivity contribution >= 4 is 40.3 Å². The Balaban J connectivity index is 1.39. The fourth-order valence-corrected chi connectivity index (χ4v) is 5.81. The van der Waals surface area contributed by atoms with Crippen LogP contribution in [0.25, 0.3) is 10.8 Å². The molecule has 0 bridgehead atoms. The lowest BCUT2D eigenvalue weighted by atomic mass is 10.00. The van der Waals surface area contributed by atoms with Crippen LogP contribution in [0.15, 0.2) is 66.7 Å². The van der Waals surface area contributed by atoms with Gasteiger partial charge in [0.2, 0.25) is 29.5 Å². The van der Waals surface area contributed by atoms with Crippen LogP contribution < -0.4 is 27.0 Å². The summed E-state index contributed by atoms with van der Waals surface area (Å²) in [6.07, 6.45) is 1.39. The van der Waals surface area contributed by atoms with Gasteiger partial charge in [-0.3, -0.25) is 24.0 Å². The monoisotopic (exact) mass is 614 g/mol. The van der Waals surface area contributed by atoms with Gasteiger partial charge in [0.25, 0.3) is 0 Å². The number of carbonyl (C=O) groups excluding carboxylic acids is 5. The predicted molar refractivity (Wildman–Crippen MR) is 167 cm³/mol. The van der Waals surface area contributed by atoms with E-state index in [1.54, 1.807) is 12.1 Å². The molecule has 7 N–H and O–H groups in total. The summed E-state index contributed by atoms with van der Waals surface area (Å²) in [4.78, 5) is 67.8. The molecule has 5 rings (SSSR count). The number of amides is 5. The predicted octanol–water partition coefficient (Wildman–Crippen LogP) is 0.255. The van der Waals surface area contributed by atoms with E-state index in [9.17, 15) is 29.1 Å². The maximum atomic E-state index is 14.0. The smallest absolute Gasteiger partial charge is 0.246 e. The lowest BCUT2D eigenvalue weighted by Gasteiger charge is -2.30. The van der Waals surface area contributed by atoms with Gasteiger partial charge >= 0.3 is 0 Å². The minimum Gasteiger partial charge on any atom is -0.508 e. The van der Waals surface area contributed by atoms with Crippen LogP contribution in [0, 0.1) is 0 Å². The van der Waals surface area contributed by atoms with E-state index in [0.29, 0.717) is 19.4 Å². The summed E-state index contributed by atoms with van der Waals surface area (Å²) in [6, 6.07) is 16.0. The van der Waals surface area contributed by atoms with Gasteiger partial charge in [-0.15, -0.1) is 0 Å². The molecule has 0 unspecified atom stereocenters. The Morgan fingerprint density at radius 1 is 0.933 bits per heavy atom. The van der Waals surface area contributed by atoms with Crippen LogP contribution in [0.5, 0.6) is 5.75 Å². The largest absolute Gasteiger partial charge is 0.508 e. The van der Waals surface area contributed by atoms with Crippen molar-refractivity contribution in [2.24, 2.45) is 5.73 Å². The second-order valence-electron chi connectivity index (χ2n) is 11.5. The highest BCUT2D eigenvalue weighted by molar-refractivity contribution is 5.96. The van der Waals surface area contributed by atoms with E-state index in [1.165, 1.54) is 17.0 Å². The molecule has 2 fully saturated rings. The molecule has 2 aliphatic heterocycles. The fraction of sp³-hybridized carbons (Fsp3) is 0.364. The number of benzene rings is 3. The molecule has 0 radical (unpaired) electrons. The average molecular weight is 615 g/mol. The molecular weight excluding hydrogens is 576 g/mol. The Hall–Kier alpha value is -4.97. The summed E-state index contributed by atoms with van der Waals surface area (Å²) >= 11 is 0. The molecule has 2 saturated heterocycles. The third-order valence-electron chi connectivity index (χ3n) is 8.25. The van der Waals surface area contributed by atoms with Crippen molar-refractivity contribution < 1.29 is 29.1 Å². The molecule has 45 heavy (non-hydrogen) atoms. The van der Waals surface area contributed by atoms with Crippen LogP contribution >= 0.6 is 0 Å². The van der Waals surface area contributed by atoms with Gasteiger partial charge in [-0.05, 0) is 59.7 Å². The molecule has 2 heterocycles. The van der Waals surface area contributed by atoms with E-state index in [4.69, 9.17) is 5.73 Å². The van der Waals surface area contributed by atoms with Crippen molar-refractivity contribution in [3.63, 3.8) is 0 Å². The van der Waals surface area contributed by atoms with E-state index >= 15 is 0 Å². The van der Waals surface area contributed by atoms with Crippen molar-refractivity contribution in [2.45, 2.75) is 56.3 Å². The van der Waals surface area contributed by atoms with Crippen LogP contribution in [-0.4, -0.2) is 83.3 Å². The zero-order chi connectivity index (χ0) is 31.9. The SMILES string of the molecule is N[C@@H](Cc1ccc(O)cc1)C(=O)N[C@@H]1CCNC(=O)CNC(=O)[C@@H]2CCCN2C(=O)[C@@H](Cc2ccc3ccccc3c2)NC1=O. The average Bonchev–Trinajstić information content (AvgIpc) is 3.53. The molecule has 4 atom stereocenters. The standard InChI is InChI=1S/C33H38N6O6/c34-25(17-20-8-11-24(40)12-9-20)30(42)37-26-13-14-35-29(41)19-36-32(44)28-6-3-15-39(28)33(45)27(38-31(26)43)18-21-7-10-22-4-1-2-5-23(22)16-21/h1-2,4-5,7-12,16,25-28,40H,3,6,13-15,17-19,34H2,(H,35,41)(H,36,44)(H,37,42)(H,38,43)/t25-,26+,27+,28-/m0/s1. The quantitative estimate of drug-likeness (QED) is 0.230. The van der Waals surface area contributed by atoms with Crippen molar-refractivity contribution in [3.8, 4) is 5.75 Å². The summed E-state index contributed by atoms with van der Waals surface area (Å²) in [5, 5.41) is 22.4. The molecular formula is C33H38N6O6. The summed E-state index contributed by atoms with van der Waals surface area (Å²) in [7, 11) is 0. The first-order chi connectivity index (χ1) is 21.7. The Bertz CT molecular complexity index is 1580. The highest BCUT2D eigenvalue weighted by Crippen LogP contribution is 2.22. The van der Waals surface area contributed by atoms with Gasteiger partial charge in [0.1, 0.15) is 23.9 Å². The number of aromatic hydroxyl groups is 1. The number of hydrogen-bond acceptors (Lipinski definition) is 7. The van der Waals surface area contributed by atoms with Crippen LogP contribution in [0.4, 0.5) is 0 Å². The van der Waals surface area contributed by atoms with E-state index in [1.807, 2.05) is 42.5 Å². The molecule has 3 aromatic carbocycles. The number of nitrogens with zero attached hydrogens (tertiary/aromatic N) is 1. The summed E-state index contributed by atoms with van der Waals surface area (Å²) in [5.41, 5.74) is 7.71. The van der Waals surface area contributed by atoms with E-state index in [2.05, 4.69) is 21.3 Å². The molecule has 5 amide bonds. The van der Waals surface area contributed by atoms with Crippen LogP contribution in [0.1, 0.15) is 30.4 Å². The summed E-state index contributed by atoms with van der Waals surface area (Å²) in [5.74, 6) is -2.39. The van der Waals surface area contributed by atoms with Crippen LogP contribution in [-0.2, 0) is 36.8 Å². The van der Waals surface area contributed by atoms with Gasteiger partial charge in [-0.2, -0.15) is 0 Å². The van der Waals surface area contributed by atoms with Crippen molar-refractivity contribution in [2.75, 3.05) is 19.6 Å². The molecule has 2 aliphatic rings. The Labute approximate surface area is 260 Å². The van der Waals surface area contributed by atoms with Crippen LogP contribution in [0.2, 0.25) is 0 Å². The third kappa shape index (κ3) is 7.95. The molecule has 12 nitrogen and oxygen atoms in total. The number of nitrogens with one attached hydrogen (secondary N) is 4. The fourth-order valence-electron chi connectivity index (χ4n) is 5.81. The van der Waals surface area contributed by atoms with Gasteiger partial charge in [0.15, 0.2) is 0 Å². The van der Waals surface area contributed by atoms with Gasteiger partial charge in [-0.25, -0.2) is 0 Å². The normalized spacial score (nSPS) is 22.1. The van der Waals surface area contributed by atoms with Gasteiger partial charge < -0.3 is 37.0 Å². The second kappa shape index (κ2) is 14.2. The maximum Gasteiger partial charge on any atom is 0.246 e. The highest BCUT2D eigenvalue weighted by atomic mass is 16.3. The number of fused-ring (bicyclic) bond motifs is 2. The summed E-state index contributed by atoms with van der Waals surface area (Å²) in [6.45, 7) is 0.0806. The number of rotatable bonds is 6. The second-order valence-corrected chi connectivity index (χ2v) is 11.5. The number of hydrogen-bond donors (Lipinski definition) is 6. The number of phenolic OH excluding ortho intramolecular Hbond substituents is 1. The molecule has 12 heteroatoms. The zero-order valence-corrected chi connectivity index (χ0v) is 24.8. The van der Waals surface area contributed by atoms with Gasteiger partial charge in [0, 0.05) is 19.5 Å². The van der Waals surface area contributed by atoms with Gasteiger partial charge in [0.05, 0.1) is 12.6 Å². The van der Waals surface area contributed by atoms with Crippen LogP contribution in [0.3, 0.4) is 0 Å². The molecule has 0 saturated carbocycles.